The zero-order valence-electron chi connectivity index (χ0n) is 14.4. The smallest absolute Gasteiger partial charge is 0.267 e. The first-order valence-electron chi connectivity index (χ1n) is 8.51. The van der Waals surface area contributed by atoms with Crippen molar-refractivity contribution in [2.24, 2.45) is 0 Å². The SMILES string of the molecule is Cc1cc(-c2cccnc2)nn1CCNC(=O)c1cc2ccccc2[nH]1. The van der Waals surface area contributed by atoms with Gasteiger partial charge in [-0.2, -0.15) is 5.10 Å². The third-order valence-electron chi connectivity index (χ3n) is 4.32. The summed E-state index contributed by atoms with van der Waals surface area (Å²) in [6, 6.07) is 15.6. The highest BCUT2D eigenvalue weighted by molar-refractivity contribution is 5.97. The van der Waals surface area contributed by atoms with Gasteiger partial charge in [-0.25, -0.2) is 0 Å². The number of aromatic nitrogens is 4. The van der Waals surface area contributed by atoms with Crippen molar-refractivity contribution in [1.82, 2.24) is 25.1 Å². The summed E-state index contributed by atoms with van der Waals surface area (Å²) in [5, 5.41) is 8.57. The summed E-state index contributed by atoms with van der Waals surface area (Å²) in [7, 11) is 0. The molecular weight excluding hydrogens is 326 g/mol. The predicted octanol–water partition coefficient (Wildman–Crippen LogP) is 3.16. The molecule has 4 rings (SSSR count). The van der Waals surface area contributed by atoms with Crippen LogP contribution in [0.15, 0.2) is 60.9 Å². The van der Waals surface area contributed by atoms with Crippen LogP contribution in [0, 0.1) is 6.92 Å². The van der Waals surface area contributed by atoms with E-state index in [1.807, 2.05) is 60.1 Å². The van der Waals surface area contributed by atoms with Gasteiger partial charge in [-0.3, -0.25) is 14.5 Å². The molecule has 3 aromatic heterocycles. The van der Waals surface area contributed by atoms with Crippen molar-refractivity contribution in [3.63, 3.8) is 0 Å². The van der Waals surface area contributed by atoms with Gasteiger partial charge in [0.25, 0.3) is 5.91 Å². The van der Waals surface area contributed by atoms with Gasteiger partial charge in [-0.15, -0.1) is 0 Å². The minimum absolute atomic E-state index is 0.113. The van der Waals surface area contributed by atoms with Gasteiger partial charge in [0.15, 0.2) is 0 Å². The fourth-order valence-electron chi connectivity index (χ4n) is 2.96. The van der Waals surface area contributed by atoms with E-state index in [9.17, 15) is 4.79 Å². The molecule has 6 heteroatoms. The van der Waals surface area contributed by atoms with E-state index in [-0.39, 0.29) is 5.91 Å². The van der Waals surface area contributed by atoms with Gasteiger partial charge in [0.1, 0.15) is 5.69 Å². The molecule has 0 aliphatic heterocycles. The average molecular weight is 345 g/mol. The number of carbonyl (C=O) groups is 1. The number of hydrogen-bond acceptors (Lipinski definition) is 3. The minimum Gasteiger partial charge on any atom is -0.351 e. The molecule has 0 radical (unpaired) electrons. The van der Waals surface area contributed by atoms with Crippen LogP contribution in [0.5, 0.6) is 0 Å². The second-order valence-electron chi connectivity index (χ2n) is 6.16. The van der Waals surface area contributed by atoms with Gasteiger partial charge >= 0.3 is 0 Å². The summed E-state index contributed by atoms with van der Waals surface area (Å²) < 4.78 is 1.90. The van der Waals surface area contributed by atoms with Crippen LogP contribution in [-0.4, -0.2) is 32.2 Å². The number of nitrogens with one attached hydrogen (secondary N) is 2. The van der Waals surface area contributed by atoms with Gasteiger partial charge in [-0.1, -0.05) is 18.2 Å². The number of hydrogen-bond donors (Lipinski definition) is 2. The number of benzene rings is 1. The summed E-state index contributed by atoms with van der Waals surface area (Å²) in [4.78, 5) is 19.6. The van der Waals surface area contributed by atoms with Crippen LogP contribution < -0.4 is 5.32 Å². The first-order valence-corrected chi connectivity index (χ1v) is 8.51. The van der Waals surface area contributed by atoms with E-state index < -0.39 is 0 Å². The molecule has 26 heavy (non-hydrogen) atoms. The average Bonchev–Trinajstić information content (AvgIpc) is 3.26. The summed E-state index contributed by atoms with van der Waals surface area (Å²) in [6.07, 6.45) is 3.54. The molecular formula is C20H19N5O. The third-order valence-corrected chi connectivity index (χ3v) is 4.32. The number of nitrogens with zero attached hydrogens (tertiary/aromatic N) is 3. The third kappa shape index (κ3) is 3.21. The first-order chi connectivity index (χ1) is 12.7. The molecule has 0 saturated carbocycles. The first kappa shape index (κ1) is 16.1. The minimum atomic E-state index is -0.113. The highest BCUT2D eigenvalue weighted by atomic mass is 16.1. The van der Waals surface area contributed by atoms with Crippen molar-refractivity contribution in [2.45, 2.75) is 13.5 Å². The Morgan fingerprint density at radius 3 is 2.88 bits per heavy atom. The van der Waals surface area contributed by atoms with Gasteiger partial charge in [0.05, 0.1) is 12.2 Å². The zero-order valence-corrected chi connectivity index (χ0v) is 14.4. The Balaban J connectivity index is 1.40. The maximum absolute atomic E-state index is 12.3. The number of H-pyrrole nitrogens is 1. The standard InChI is InChI=1S/C20H19N5O/c1-14-11-18(16-6-4-8-21-13-16)24-25(14)10-9-22-20(26)19-12-15-5-2-3-7-17(15)23-19/h2-8,11-13,23H,9-10H2,1H3,(H,22,26). The number of fused-ring (bicyclic) bond motifs is 1. The molecule has 0 atom stereocenters. The zero-order chi connectivity index (χ0) is 17.9. The van der Waals surface area contributed by atoms with Crippen LogP contribution in [-0.2, 0) is 6.54 Å². The van der Waals surface area contributed by atoms with E-state index in [0.717, 1.165) is 27.9 Å². The van der Waals surface area contributed by atoms with E-state index in [2.05, 4.69) is 20.4 Å². The normalized spacial score (nSPS) is 11.0. The lowest BCUT2D eigenvalue weighted by Gasteiger charge is -2.06. The molecule has 1 amide bonds. The molecule has 6 nitrogen and oxygen atoms in total. The number of pyridine rings is 1. The fraction of sp³-hybridized carbons (Fsp3) is 0.150. The molecule has 1 aromatic carbocycles. The summed E-state index contributed by atoms with van der Waals surface area (Å²) in [5.41, 5.74) is 4.44. The maximum Gasteiger partial charge on any atom is 0.267 e. The van der Waals surface area contributed by atoms with Crippen molar-refractivity contribution in [2.75, 3.05) is 6.54 Å². The molecule has 4 aromatic rings. The monoisotopic (exact) mass is 345 g/mol. The van der Waals surface area contributed by atoms with Gasteiger partial charge in [0, 0.05) is 41.1 Å². The number of aryl methyl sites for hydroxylation is 1. The molecule has 130 valence electrons. The van der Waals surface area contributed by atoms with Crippen LogP contribution in [0.1, 0.15) is 16.2 Å². The molecule has 0 aliphatic rings. The lowest BCUT2D eigenvalue weighted by atomic mass is 10.2. The van der Waals surface area contributed by atoms with Crippen molar-refractivity contribution in [3.8, 4) is 11.3 Å². The maximum atomic E-state index is 12.3. The second-order valence-corrected chi connectivity index (χ2v) is 6.16. The number of aromatic amines is 1. The van der Waals surface area contributed by atoms with Crippen LogP contribution in [0.25, 0.3) is 22.2 Å². The van der Waals surface area contributed by atoms with Crippen LogP contribution in [0.2, 0.25) is 0 Å². The molecule has 0 bridgehead atoms. The molecule has 0 saturated heterocycles. The van der Waals surface area contributed by atoms with E-state index in [1.165, 1.54) is 0 Å². The highest BCUT2D eigenvalue weighted by Gasteiger charge is 2.10. The number of para-hydroxylation sites is 1. The van der Waals surface area contributed by atoms with E-state index in [0.29, 0.717) is 18.8 Å². The van der Waals surface area contributed by atoms with Gasteiger partial charge in [-0.05, 0) is 37.3 Å². The quantitative estimate of drug-likeness (QED) is 0.583. The predicted molar refractivity (Wildman–Crippen MR) is 101 cm³/mol. The highest BCUT2D eigenvalue weighted by Crippen LogP contribution is 2.17. The summed E-state index contributed by atoms with van der Waals surface area (Å²) in [6.45, 7) is 3.12. The number of carbonyl (C=O) groups excluding carboxylic acids is 1. The number of rotatable bonds is 5. The molecule has 0 fully saturated rings. The van der Waals surface area contributed by atoms with Gasteiger partial charge < -0.3 is 10.3 Å². The molecule has 3 heterocycles. The largest absolute Gasteiger partial charge is 0.351 e. The summed E-state index contributed by atoms with van der Waals surface area (Å²) >= 11 is 0. The molecule has 0 spiro atoms. The number of amides is 1. The molecule has 0 aliphatic carbocycles. The van der Waals surface area contributed by atoms with Crippen LogP contribution in [0.3, 0.4) is 0 Å². The molecule has 2 N–H and O–H groups in total. The van der Waals surface area contributed by atoms with Crippen molar-refractivity contribution < 1.29 is 4.79 Å². The van der Waals surface area contributed by atoms with E-state index in [4.69, 9.17) is 0 Å². The Bertz CT molecular complexity index is 1020. The molecule has 0 unspecified atom stereocenters. The Morgan fingerprint density at radius 1 is 1.19 bits per heavy atom. The lowest BCUT2D eigenvalue weighted by molar-refractivity contribution is 0.0947. The summed E-state index contributed by atoms with van der Waals surface area (Å²) in [5.74, 6) is -0.113. The topological polar surface area (TPSA) is 75.6 Å². The van der Waals surface area contributed by atoms with E-state index in [1.54, 1.807) is 12.4 Å². The van der Waals surface area contributed by atoms with Crippen LogP contribution in [0.4, 0.5) is 0 Å². The Hall–Kier alpha value is -3.41. The second kappa shape index (κ2) is 6.84. The Kier molecular flexibility index (Phi) is 4.23. The lowest BCUT2D eigenvalue weighted by Crippen LogP contribution is -2.28. The van der Waals surface area contributed by atoms with Gasteiger partial charge in [0.2, 0.25) is 0 Å². The Morgan fingerprint density at radius 2 is 2.08 bits per heavy atom. The van der Waals surface area contributed by atoms with Crippen molar-refractivity contribution in [3.05, 3.63) is 72.3 Å². The fourth-order valence-corrected chi connectivity index (χ4v) is 2.96. The van der Waals surface area contributed by atoms with Crippen molar-refractivity contribution >= 4 is 16.8 Å². The van der Waals surface area contributed by atoms with Crippen molar-refractivity contribution in [1.29, 1.82) is 0 Å². The van der Waals surface area contributed by atoms with E-state index >= 15 is 0 Å². The Labute approximate surface area is 150 Å². The van der Waals surface area contributed by atoms with Crippen LogP contribution >= 0.6 is 0 Å².